The van der Waals surface area contributed by atoms with Crippen LogP contribution in [0.1, 0.15) is 21.6 Å². The van der Waals surface area contributed by atoms with Crippen molar-refractivity contribution in [2.24, 2.45) is 0 Å². The van der Waals surface area contributed by atoms with E-state index in [9.17, 15) is 4.79 Å². The van der Waals surface area contributed by atoms with Gasteiger partial charge in [0, 0.05) is 21.0 Å². The summed E-state index contributed by atoms with van der Waals surface area (Å²) in [7, 11) is 0. The Morgan fingerprint density at radius 2 is 1.75 bits per heavy atom. The molecule has 1 N–H and O–H groups in total. The van der Waals surface area contributed by atoms with Crippen molar-refractivity contribution in [3.63, 3.8) is 0 Å². The first-order chi connectivity index (χ1) is 15.5. The number of para-hydroxylation sites is 1. The molecule has 1 aromatic heterocycles. The lowest BCUT2D eigenvalue weighted by Gasteiger charge is -2.10. The summed E-state index contributed by atoms with van der Waals surface area (Å²) < 4.78 is 7.41. The minimum atomic E-state index is -0.278. The number of hydrogen-bond donors (Lipinski definition) is 1. The molecule has 7 heteroatoms. The van der Waals surface area contributed by atoms with Gasteiger partial charge in [0.2, 0.25) is 0 Å². The Kier molecular flexibility index (Phi) is 6.83. The predicted octanol–water partition coefficient (Wildman–Crippen LogP) is 6.59. The quantitative estimate of drug-likeness (QED) is 0.335. The number of hydrogen-bond acceptors (Lipinski definition) is 4. The molecule has 0 atom stereocenters. The van der Waals surface area contributed by atoms with Crippen molar-refractivity contribution in [3.05, 3.63) is 101 Å². The van der Waals surface area contributed by atoms with Crippen molar-refractivity contribution < 1.29 is 9.53 Å². The largest absolute Gasteiger partial charge is 0.471 e. The third-order valence-electron chi connectivity index (χ3n) is 4.61. The van der Waals surface area contributed by atoms with Crippen LogP contribution in [0.5, 0.6) is 5.75 Å². The highest BCUT2D eigenvalue weighted by Gasteiger charge is 2.13. The number of carbonyl (C=O) groups is 1. The van der Waals surface area contributed by atoms with Gasteiger partial charge in [-0.05, 0) is 79.6 Å². The fraction of sp³-hybridized carbons (Fsp3) is 0.120. The van der Waals surface area contributed by atoms with Crippen molar-refractivity contribution >= 4 is 35.0 Å². The maximum atomic E-state index is 12.8. The second kappa shape index (κ2) is 9.94. The van der Waals surface area contributed by atoms with Gasteiger partial charge in [0.1, 0.15) is 5.75 Å². The molecule has 0 bridgehead atoms. The maximum absolute atomic E-state index is 12.8. The lowest BCUT2D eigenvalue weighted by Crippen LogP contribution is -2.14. The van der Waals surface area contributed by atoms with Gasteiger partial charge in [0.15, 0.2) is 12.4 Å². The fourth-order valence-electron chi connectivity index (χ4n) is 3.19. The molecule has 0 spiro atoms. The monoisotopic (exact) mass is 463 g/mol. The third kappa shape index (κ3) is 5.72. The van der Waals surface area contributed by atoms with Crippen molar-refractivity contribution in [1.82, 2.24) is 9.78 Å². The summed E-state index contributed by atoms with van der Waals surface area (Å²) in [6.45, 7) is 4.28. The molecule has 162 valence electrons. The molecule has 0 unspecified atom stereocenters. The van der Waals surface area contributed by atoms with Crippen LogP contribution in [0.2, 0.25) is 5.02 Å². The number of nitrogens with one attached hydrogen (secondary N) is 1. The van der Waals surface area contributed by atoms with E-state index in [0.717, 1.165) is 32.4 Å². The summed E-state index contributed by atoms with van der Waals surface area (Å²) in [5.74, 6) is 0.497. The summed E-state index contributed by atoms with van der Waals surface area (Å²) in [6, 6.07) is 23.0. The van der Waals surface area contributed by atoms with Gasteiger partial charge in [-0.3, -0.25) is 4.79 Å². The molecular weight excluding hydrogens is 442 g/mol. The molecule has 0 aliphatic heterocycles. The number of halogens is 1. The lowest BCUT2D eigenvalue weighted by molar-refractivity contribution is 0.102. The summed E-state index contributed by atoms with van der Waals surface area (Å²) in [5, 5.41) is 7.99. The first kappa shape index (κ1) is 22.0. The number of anilines is 1. The smallest absolute Gasteiger partial charge is 0.276 e. The normalized spacial score (nSPS) is 10.7. The zero-order valence-corrected chi connectivity index (χ0v) is 19.3. The van der Waals surface area contributed by atoms with Gasteiger partial charge in [-0.2, -0.15) is 5.10 Å². The molecule has 3 aromatic carbocycles. The Morgan fingerprint density at radius 1 is 1.03 bits per heavy atom. The van der Waals surface area contributed by atoms with Gasteiger partial charge < -0.3 is 10.1 Å². The number of benzene rings is 3. The molecule has 0 saturated heterocycles. The first-order valence-corrected chi connectivity index (χ1v) is 11.2. The highest BCUT2D eigenvalue weighted by molar-refractivity contribution is 7.99. The van der Waals surface area contributed by atoms with E-state index in [2.05, 4.69) is 16.5 Å². The molecule has 32 heavy (non-hydrogen) atoms. The van der Waals surface area contributed by atoms with Crippen LogP contribution in [0, 0.1) is 13.8 Å². The van der Waals surface area contributed by atoms with Crippen LogP contribution < -0.4 is 10.1 Å². The molecular formula is C25H22ClN3O2S. The standard InChI is InChI=1S/C25H22ClN3O2S/c1-17-13-18(2)15-20(14-17)31-16-29-12-11-23(28-29)25(30)27-22-5-3-4-6-24(22)32-21-9-7-19(26)8-10-21/h3-15H,16H2,1-2H3,(H,27,30). The fourth-order valence-corrected chi connectivity index (χ4v) is 4.21. The van der Waals surface area contributed by atoms with Crippen molar-refractivity contribution in [1.29, 1.82) is 0 Å². The number of carbonyl (C=O) groups excluding carboxylic acids is 1. The number of ether oxygens (including phenoxy) is 1. The van der Waals surface area contributed by atoms with Gasteiger partial charge in [-0.1, -0.05) is 41.6 Å². The second-order valence-corrected chi connectivity index (χ2v) is 8.90. The van der Waals surface area contributed by atoms with E-state index in [1.54, 1.807) is 28.7 Å². The number of amides is 1. The highest BCUT2D eigenvalue weighted by Crippen LogP contribution is 2.34. The van der Waals surface area contributed by atoms with Gasteiger partial charge in [-0.15, -0.1) is 0 Å². The Labute approximate surface area is 196 Å². The van der Waals surface area contributed by atoms with Crippen molar-refractivity contribution in [2.45, 2.75) is 30.4 Å². The average Bonchev–Trinajstić information content (AvgIpc) is 3.24. The number of aryl methyl sites for hydroxylation is 2. The van der Waals surface area contributed by atoms with Crippen LogP contribution in [0.25, 0.3) is 0 Å². The molecule has 0 aliphatic rings. The van der Waals surface area contributed by atoms with E-state index < -0.39 is 0 Å². The predicted molar refractivity (Wildman–Crippen MR) is 129 cm³/mol. The zero-order chi connectivity index (χ0) is 22.5. The van der Waals surface area contributed by atoms with Gasteiger partial charge in [0.25, 0.3) is 5.91 Å². The average molecular weight is 464 g/mol. The molecule has 5 nitrogen and oxygen atoms in total. The molecule has 4 aromatic rings. The molecule has 0 radical (unpaired) electrons. The minimum Gasteiger partial charge on any atom is -0.471 e. The number of aromatic nitrogens is 2. The Bertz CT molecular complexity index is 1220. The van der Waals surface area contributed by atoms with Crippen molar-refractivity contribution in [2.75, 3.05) is 5.32 Å². The molecule has 1 heterocycles. The van der Waals surface area contributed by atoms with Crippen molar-refractivity contribution in [3.8, 4) is 5.75 Å². The highest BCUT2D eigenvalue weighted by atomic mass is 35.5. The maximum Gasteiger partial charge on any atom is 0.276 e. The molecule has 1 amide bonds. The third-order valence-corrected chi connectivity index (χ3v) is 5.94. The molecule has 0 aliphatic carbocycles. The summed E-state index contributed by atoms with van der Waals surface area (Å²) in [6.07, 6.45) is 1.73. The second-order valence-electron chi connectivity index (χ2n) is 7.34. The molecule has 0 saturated carbocycles. The van der Waals surface area contributed by atoms with Gasteiger partial charge >= 0.3 is 0 Å². The Balaban J connectivity index is 1.41. The van der Waals surface area contributed by atoms with Crippen LogP contribution in [0.4, 0.5) is 5.69 Å². The lowest BCUT2D eigenvalue weighted by atomic mass is 10.1. The Morgan fingerprint density at radius 3 is 2.50 bits per heavy atom. The zero-order valence-electron chi connectivity index (χ0n) is 17.7. The van der Waals surface area contributed by atoms with Crippen LogP contribution in [0.3, 0.4) is 0 Å². The topological polar surface area (TPSA) is 56.1 Å². The molecule has 0 fully saturated rings. The summed E-state index contributed by atoms with van der Waals surface area (Å²) in [5.41, 5.74) is 3.31. The molecule has 4 rings (SSSR count). The number of nitrogens with zero attached hydrogens (tertiary/aromatic N) is 2. The van der Waals surface area contributed by atoms with E-state index in [0.29, 0.717) is 10.7 Å². The van der Waals surface area contributed by atoms with Crippen LogP contribution in [-0.4, -0.2) is 15.7 Å². The van der Waals surface area contributed by atoms with Gasteiger partial charge in [-0.25, -0.2) is 4.68 Å². The summed E-state index contributed by atoms with van der Waals surface area (Å²) in [4.78, 5) is 14.7. The van der Waals surface area contributed by atoms with E-state index >= 15 is 0 Å². The van der Waals surface area contributed by atoms with Crippen LogP contribution >= 0.6 is 23.4 Å². The van der Waals surface area contributed by atoms with E-state index in [1.807, 2.05) is 74.5 Å². The van der Waals surface area contributed by atoms with Crippen LogP contribution in [0.15, 0.2) is 88.8 Å². The van der Waals surface area contributed by atoms with E-state index in [-0.39, 0.29) is 12.6 Å². The van der Waals surface area contributed by atoms with E-state index in [4.69, 9.17) is 16.3 Å². The number of rotatable bonds is 7. The van der Waals surface area contributed by atoms with Crippen LogP contribution in [-0.2, 0) is 6.73 Å². The van der Waals surface area contributed by atoms with E-state index in [1.165, 1.54) is 0 Å². The minimum absolute atomic E-state index is 0.221. The van der Waals surface area contributed by atoms with Gasteiger partial charge in [0.05, 0.1) is 5.69 Å². The summed E-state index contributed by atoms with van der Waals surface area (Å²) >= 11 is 7.53. The Hall–Kier alpha value is -3.22. The first-order valence-electron chi connectivity index (χ1n) is 10.0. The SMILES string of the molecule is Cc1cc(C)cc(OCn2ccc(C(=O)Nc3ccccc3Sc3ccc(Cl)cc3)n2)c1.